The molecule has 0 atom stereocenters. The predicted molar refractivity (Wildman–Crippen MR) is 152 cm³/mol. The van der Waals surface area contributed by atoms with Crippen molar-refractivity contribution in [3.05, 3.63) is 116 Å². The van der Waals surface area contributed by atoms with Crippen molar-refractivity contribution in [1.29, 1.82) is 5.26 Å². The van der Waals surface area contributed by atoms with Crippen LogP contribution >= 0.6 is 23.4 Å². The lowest BCUT2D eigenvalue weighted by Gasteiger charge is -2.10. The summed E-state index contributed by atoms with van der Waals surface area (Å²) in [5.41, 5.74) is 3.05. The zero-order valence-corrected chi connectivity index (χ0v) is 22.7. The number of nitriles is 1. The van der Waals surface area contributed by atoms with Crippen LogP contribution in [0.5, 0.6) is 5.75 Å². The number of nitrogens with zero attached hydrogens (tertiary/aromatic N) is 2. The molecule has 0 saturated carbocycles. The number of rotatable bonds is 7. The summed E-state index contributed by atoms with van der Waals surface area (Å²) >= 11 is 7.43. The highest BCUT2D eigenvalue weighted by Crippen LogP contribution is 2.40. The van der Waals surface area contributed by atoms with Crippen LogP contribution in [0, 0.1) is 18.3 Å². The molecule has 9 heteroatoms. The lowest BCUT2D eigenvalue weighted by molar-refractivity contribution is -0.138. The summed E-state index contributed by atoms with van der Waals surface area (Å²) in [4.78, 5) is 29.8. The highest BCUT2D eigenvalue weighted by atomic mass is 35.5. The van der Waals surface area contributed by atoms with Crippen molar-refractivity contribution in [3.8, 4) is 11.8 Å². The minimum Gasteiger partial charge on any atom is -0.506 e. The van der Waals surface area contributed by atoms with Gasteiger partial charge in [-0.15, -0.1) is 0 Å². The standard InChI is InChI=1S/C30H23ClN2O5S/c1-3-37-30(36)26-27(34)25(39-29(26)33-28(35)20-11-8-18(2)9-12-20)15-19-10-13-24(23(31)14-19)38-17-22-7-5-4-6-21(22)16-32/h4-15,34H,3,17H2,1-2H3/b25-15-,33-29?. The molecule has 1 aliphatic heterocycles. The van der Waals surface area contributed by atoms with Crippen molar-refractivity contribution in [2.75, 3.05) is 6.61 Å². The second-order valence-corrected chi connectivity index (χ2v) is 9.83. The van der Waals surface area contributed by atoms with E-state index < -0.39 is 11.9 Å². The van der Waals surface area contributed by atoms with Gasteiger partial charge < -0.3 is 14.6 Å². The molecule has 1 heterocycles. The van der Waals surface area contributed by atoms with E-state index in [-0.39, 0.29) is 29.6 Å². The molecule has 0 fully saturated rings. The zero-order valence-electron chi connectivity index (χ0n) is 21.1. The monoisotopic (exact) mass is 558 g/mol. The van der Waals surface area contributed by atoms with Crippen LogP contribution in [0.25, 0.3) is 6.08 Å². The molecule has 4 rings (SSSR count). The first-order valence-corrected chi connectivity index (χ1v) is 13.1. The van der Waals surface area contributed by atoms with E-state index in [0.717, 1.165) is 22.9 Å². The third kappa shape index (κ3) is 6.58. The molecule has 1 N–H and O–H groups in total. The summed E-state index contributed by atoms with van der Waals surface area (Å²) in [6, 6.07) is 21.2. The number of carbonyl (C=O) groups excluding carboxylic acids is 2. The first-order valence-electron chi connectivity index (χ1n) is 11.9. The minimum atomic E-state index is -0.777. The maximum atomic E-state index is 12.8. The molecule has 1 aliphatic rings. The molecule has 7 nitrogen and oxygen atoms in total. The number of amides is 1. The highest BCUT2D eigenvalue weighted by molar-refractivity contribution is 8.18. The van der Waals surface area contributed by atoms with Gasteiger partial charge in [0.05, 0.1) is 28.2 Å². The summed E-state index contributed by atoms with van der Waals surface area (Å²) in [5.74, 6) is -1.24. The third-order valence-corrected chi connectivity index (χ3v) is 6.96. The second kappa shape index (κ2) is 12.5. The number of aliphatic imine (C=N–C) groups is 1. The van der Waals surface area contributed by atoms with E-state index in [9.17, 15) is 20.0 Å². The van der Waals surface area contributed by atoms with Crippen LogP contribution in [0.2, 0.25) is 5.02 Å². The molecule has 3 aromatic rings. The lowest BCUT2D eigenvalue weighted by Crippen LogP contribution is -2.14. The Morgan fingerprint density at radius 2 is 1.87 bits per heavy atom. The maximum Gasteiger partial charge on any atom is 0.344 e. The van der Waals surface area contributed by atoms with Crippen LogP contribution < -0.4 is 4.74 Å². The topological polar surface area (TPSA) is 109 Å². The average molecular weight is 559 g/mol. The average Bonchev–Trinajstić information content (AvgIpc) is 3.22. The van der Waals surface area contributed by atoms with E-state index in [1.165, 1.54) is 0 Å². The Balaban J connectivity index is 1.59. The largest absolute Gasteiger partial charge is 0.506 e. The summed E-state index contributed by atoms with van der Waals surface area (Å²) in [7, 11) is 0. The van der Waals surface area contributed by atoms with Crippen molar-refractivity contribution in [1.82, 2.24) is 0 Å². The van der Waals surface area contributed by atoms with Gasteiger partial charge in [-0.3, -0.25) is 4.79 Å². The van der Waals surface area contributed by atoms with Crippen LogP contribution in [0.4, 0.5) is 0 Å². The molecule has 1 amide bonds. The summed E-state index contributed by atoms with van der Waals surface area (Å²) in [6.45, 7) is 3.81. The van der Waals surface area contributed by atoms with Crippen LogP contribution in [0.3, 0.4) is 0 Å². The van der Waals surface area contributed by atoms with Gasteiger partial charge >= 0.3 is 5.97 Å². The van der Waals surface area contributed by atoms with E-state index in [1.807, 2.05) is 19.1 Å². The first-order chi connectivity index (χ1) is 18.8. The van der Waals surface area contributed by atoms with Gasteiger partial charge in [0.25, 0.3) is 5.91 Å². The van der Waals surface area contributed by atoms with Gasteiger partial charge in [0.2, 0.25) is 0 Å². The van der Waals surface area contributed by atoms with Gasteiger partial charge in [0.15, 0.2) is 0 Å². The molecule has 0 bridgehead atoms. The molecular weight excluding hydrogens is 536 g/mol. The Morgan fingerprint density at radius 1 is 1.13 bits per heavy atom. The fourth-order valence-corrected chi connectivity index (χ4v) is 4.89. The van der Waals surface area contributed by atoms with Crippen LogP contribution in [0.15, 0.2) is 88.0 Å². The normalized spacial score (nSPS) is 14.9. The molecule has 0 aliphatic carbocycles. The summed E-state index contributed by atoms with van der Waals surface area (Å²) < 4.78 is 10.9. The number of carbonyl (C=O) groups is 2. The van der Waals surface area contributed by atoms with Gasteiger partial charge in [0.1, 0.15) is 28.7 Å². The maximum absolute atomic E-state index is 12.8. The molecular formula is C30H23ClN2O5S. The van der Waals surface area contributed by atoms with Gasteiger partial charge in [-0.2, -0.15) is 5.26 Å². The Bertz CT molecular complexity index is 1570. The van der Waals surface area contributed by atoms with Gasteiger partial charge in [-0.05, 0) is 55.8 Å². The molecule has 0 radical (unpaired) electrons. The smallest absolute Gasteiger partial charge is 0.344 e. The molecule has 0 saturated heterocycles. The van der Waals surface area contributed by atoms with E-state index in [1.54, 1.807) is 67.6 Å². The number of ether oxygens (including phenoxy) is 2. The number of hydrogen-bond acceptors (Lipinski definition) is 7. The number of hydrogen-bond donors (Lipinski definition) is 1. The lowest BCUT2D eigenvalue weighted by atomic mass is 10.1. The van der Waals surface area contributed by atoms with Crippen molar-refractivity contribution in [3.63, 3.8) is 0 Å². The SMILES string of the molecule is CCOC(=O)C1=C(O)/C(=C/c2ccc(OCc3ccccc3C#N)c(Cl)c2)SC1=NC(=O)c1ccc(C)cc1. The number of aliphatic hydroxyl groups excluding tert-OH is 1. The van der Waals surface area contributed by atoms with Crippen molar-refractivity contribution in [2.24, 2.45) is 4.99 Å². The van der Waals surface area contributed by atoms with Gasteiger partial charge in [0, 0.05) is 11.1 Å². The van der Waals surface area contributed by atoms with Crippen LogP contribution in [0.1, 0.15) is 39.5 Å². The first kappa shape index (κ1) is 27.7. The Labute approximate surface area is 235 Å². The number of aliphatic hydroxyl groups is 1. The van der Waals surface area contributed by atoms with E-state index in [2.05, 4.69) is 11.1 Å². The quantitative estimate of drug-likeness (QED) is 0.317. The molecule has 39 heavy (non-hydrogen) atoms. The van der Waals surface area contributed by atoms with Crippen LogP contribution in [-0.4, -0.2) is 28.6 Å². The second-order valence-electron chi connectivity index (χ2n) is 8.39. The summed E-state index contributed by atoms with van der Waals surface area (Å²) in [5, 5.41) is 20.5. The van der Waals surface area contributed by atoms with Crippen molar-refractivity contribution >= 4 is 46.4 Å². The molecule has 3 aromatic carbocycles. The number of esters is 1. The van der Waals surface area contributed by atoms with Gasteiger partial charge in [-0.25, -0.2) is 9.79 Å². The van der Waals surface area contributed by atoms with E-state index >= 15 is 0 Å². The van der Waals surface area contributed by atoms with Crippen molar-refractivity contribution in [2.45, 2.75) is 20.5 Å². The predicted octanol–water partition coefficient (Wildman–Crippen LogP) is 6.80. The number of aryl methyl sites for hydroxylation is 1. The number of halogens is 1. The van der Waals surface area contributed by atoms with Crippen LogP contribution in [-0.2, 0) is 16.1 Å². The molecule has 0 unspecified atom stereocenters. The van der Waals surface area contributed by atoms with Crippen molar-refractivity contribution < 1.29 is 24.2 Å². The fourth-order valence-electron chi connectivity index (χ4n) is 3.63. The third-order valence-electron chi connectivity index (χ3n) is 5.65. The zero-order chi connectivity index (χ0) is 27.9. The molecule has 0 aromatic heterocycles. The highest BCUT2D eigenvalue weighted by Gasteiger charge is 2.34. The minimum absolute atomic E-state index is 0.0463. The Kier molecular flexibility index (Phi) is 8.87. The van der Waals surface area contributed by atoms with E-state index in [0.29, 0.717) is 32.4 Å². The van der Waals surface area contributed by atoms with Gasteiger partial charge in [-0.1, -0.05) is 65.3 Å². The Hall–Kier alpha value is -4.32. The fraction of sp³-hybridized carbons (Fsp3) is 0.133. The number of benzene rings is 3. The molecule has 0 spiro atoms. The molecule has 196 valence electrons. The Morgan fingerprint density at radius 3 is 2.56 bits per heavy atom. The number of thioether (sulfide) groups is 1. The summed E-state index contributed by atoms with van der Waals surface area (Å²) in [6.07, 6.45) is 1.62. The van der Waals surface area contributed by atoms with E-state index in [4.69, 9.17) is 21.1 Å².